The van der Waals surface area contributed by atoms with E-state index in [1.807, 2.05) is 19.9 Å². The topological polar surface area (TPSA) is 118 Å². The van der Waals surface area contributed by atoms with Crippen molar-refractivity contribution < 1.29 is 27.6 Å². The Morgan fingerprint density at radius 2 is 2.06 bits per heavy atom. The van der Waals surface area contributed by atoms with Crippen molar-refractivity contribution in [2.24, 2.45) is 17.8 Å². The summed E-state index contributed by atoms with van der Waals surface area (Å²) in [4.78, 5) is 42.1. The third kappa shape index (κ3) is 4.63. The van der Waals surface area contributed by atoms with Crippen molar-refractivity contribution in [1.29, 1.82) is 5.26 Å². The lowest BCUT2D eigenvalue weighted by Crippen LogP contribution is -2.51. The maximum Gasteiger partial charge on any atom is 0.431 e. The largest absolute Gasteiger partial charge is 0.431 e. The number of nitrogens with zero attached hydrogens (tertiary/aromatic N) is 2. The number of nitrogens with one attached hydrogen (secondary N) is 3. The molecule has 0 radical (unpaired) electrons. The zero-order valence-corrected chi connectivity index (χ0v) is 19.0. The van der Waals surface area contributed by atoms with Crippen LogP contribution in [-0.2, 0) is 15.8 Å². The summed E-state index contributed by atoms with van der Waals surface area (Å²) in [5, 5.41) is 15.2. The Kier molecular flexibility index (Phi) is 6.12. The molecule has 3 N–H and O–H groups in total. The van der Waals surface area contributed by atoms with Gasteiger partial charge in [-0.3, -0.25) is 14.4 Å². The molecule has 0 aromatic carbocycles. The number of nitriles is 1. The number of alkyl halides is 3. The number of fused-ring (bicyclic) bond motifs is 1. The second-order valence-electron chi connectivity index (χ2n) is 10.2. The number of rotatable bonds is 5. The monoisotopic (exact) mass is 479 g/mol. The molecule has 2 saturated heterocycles. The van der Waals surface area contributed by atoms with Crippen LogP contribution < -0.4 is 10.6 Å². The molecule has 1 saturated carbocycles. The smallest absolute Gasteiger partial charge is 0.351 e. The second-order valence-corrected chi connectivity index (χ2v) is 10.2. The fourth-order valence-corrected chi connectivity index (χ4v) is 5.76. The van der Waals surface area contributed by atoms with Gasteiger partial charge in [0.25, 0.3) is 5.91 Å². The standard InChI is InChI=1S/C23H28F3N5O3/c1-22(2)9-13(19(32)30-22)8-14(10-27)28-20(33)18-15-5-3-4-12(15)11-31(18)21(34)16-6-7-17(29-16)23(24,25)26/h6-7,12-15,18,29H,3-5,8-9,11H2,1-2H3,(H,28,33)(H,30,32). The number of hydrogen-bond acceptors (Lipinski definition) is 4. The van der Waals surface area contributed by atoms with Gasteiger partial charge in [0.15, 0.2) is 0 Å². The normalized spacial score (nSPS) is 28.8. The highest BCUT2D eigenvalue weighted by molar-refractivity contribution is 5.97. The van der Waals surface area contributed by atoms with Crippen LogP contribution in [0.1, 0.15) is 62.1 Å². The van der Waals surface area contributed by atoms with Gasteiger partial charge in [-0.2, -0.15) is 18.4 Å². The average molecular weight is 480 g/mol. The molecule has 2 aliphatic heterocycles. The number of carbonyl (C=O) groups is 3. The van der Waals surface area contributed by atoms with Crippen molar-refractivity contribution in [2.75, 3.05) is 6.54 Å². The lowest BCUT2D eigenvalue weighted by atomic mass is 9.91. The molecule has 0 bridgehead atoms. The zero-order valence-electron chi connectivity index (χ0n) is 19.0. The van der Waals surface area contributed by atoms with Crippen molar-refractivity contribution in [2.45, 2.75) is 69.8 Å². The predicted molar refractivity (Wildman–Crippen MR) is 114 cm³/mol. The molecule has 5 unspecified atom stereocenters. The highest BCUT2D eigenvalue weighted by Crippen LogP contribution is 2.43. The quantitative estimate of drug-likeness (QED) is 0.602. The highest BCUT2D eigenvalue weighted by atomic mass is 19.4. The Morgan fingerprint density at radius 3 is 2.65 bits per heavy atom. The van der Waals surface area contributed by atoms with Crippen LogP contribution in [0.15, 0.2) is 12.1 Å². The van der Waals surface area contributed by atoms with E-state index in [-0.39, 0.29) is 41.9 Å². The Balaban J connectivity index is 1.50. The molecule has 1 aromatic heterocycles. The number of H-pyrrole nitrogens is 1. The van der Waals surface area contributed by atoms with Gasteiger partial charge in [-0.15, -0.1) is 0 Å². The van der Waals surface area contributed by atoms with Gasteiger partial charge >= 0.3 is 6.18 Å². The predicted octanol–water partition coefficient (Wildman–Crippen LogP) is 2.59. The molecule has 184 valence electrons. The third-order valence-electron chi connectivity index (χ3n) is 7.22. The molecule has 1 aliphatic carbocycles. The Morgan fingerprint density at radius 1 is 1.32 bits per heavy atom. The summed E-state index contributed by atoms with van der Waals surface area (Å²) in [6.45, 7) is 4.05. The van der Waals surface area contributed by atoms with Gasteiger partial charge < -0.3 is 20.5 Å². The van der Waals surface area contributed by atoms with Crippen LogP contribution in [0.25, 0.3) is 0 Å². The van der Waals surface area contributed by atoms with E-state index >= 15 is 0 Å². The number of aromatic nitrogens is 1. The summed E-state index contributed by atoms with van der Waals surface area (Å²) in [5.74, 6) is -1.79. The molecule has 1 aromatic rings. The summed E-state index contributed by atoms with van der Waals surface area (Å²) in [7, 11) is 0. The van der Waals surface area contributed by atoms with Crippen LogP contribution in [0, 0.1) is 29.1 Å². The van der Waals surface area contributed by atoms with Crippen LogP contribution in [0.2, 0.25) is 0 Å². The number of hydrogen-bond donors (Lipinski definition) is 3. The average Bonchev–Trinajstić information content (AvgIpc) is 3.49. The van der Waals surface area contributed by atoms with E-state index in [9.17, 15) is 32.8 Å². The SMILES string of the molecule is CC1(C)CC(CC(C#N)NC(=O)C2C3CCCC3CN2C(=O)c2ccc(C(F)(F)F)[nH]2)C(=O)N1. The van der Waals surface area contributed by atoms with Gasteiger partial charge in [0.1, 0.15) is 23.5 Å². The second kappa shape index (κ2) is 8.64. The lowest BCUT2D eigenvalue weighted by molar-refractivity contribution is -0.140. The maximum absolute atomic E-state index is 13.3. The van der Waals surface area contributed by atoms with Crippen LogP contribution in [0.5, 0.6) is 0 Å². The van der Waals surface area contributed by atoms with Gasteiger partial charge in [-0.1, -0.05) is 6.42 Å². The summed E-state index contributed by atoms with van der Waals surface area (Å²) >= 11 is 0. The van der Waals surface area contributed by atoms with E-state index in [0.717, 1.165) is 31.4 Å². The van der Waals surface area contributed by atoms with Gasteiger partial charge in [-0.05, 0) is 63.5 Å². The van der Waals surface area contributed by atoms with Crippen molar-refractivity contribution in [3.05, 3.63) is 23.5 Å². The van der Waals surface area contributed by atoms with Crippen molar-refractivity contribution in [1.82, 2.24) is 20.5 Å². The molecule has 0 spiro atoms. The number of aromatic amines is 1. The van der Waals surface area contributed by atoms with Crippen LogP contribution in [-0.4, -0.2) is 51.8 Å². The van der Waals surface area contributed by atoms with Gasteiger partial charge in [0.2, 0.25) is 11.8 Å². The Labute approximate surface area is 195 Å². The van der Waals surface area contributed by atoms with Crippen LogP contribution in [0.3, 0.4) is 0 Å². The molecule has 3 aliphatic rings. The Bertz CT molecular complexity index is 1030. The number of carbonyl (C=O) groups excluding carboxylic acids is 3. The van der Waals surface area contributed by atoms with Gasteiger partial charge in [0, 0.05) is 18.0 Å². The van der Waals surface area contributed by atoms with Crippen LogP contribution >= 0.6 is 0 Å². The molecule has 4 rings (SSSR count). The number of likely N-dealkylation sites (tertiary alicyclic amines) is 1. The molecule has 3 heterocycles. The van der Waals surface area contributed by atoms with E-state index in [0.29, 0.717) is 6.42 Å². The van der Waals surface area contributed by atoms with E-state index in [1.54, 1.807) is 0 Å². The molecule has 34 heavy (non-hydrogen) atoms. The van der Waals surface area contributed by atoms with Crippen molar-refractivity contribution in [3.8, 4) is 6.07 Å². The summed E-state index contributed by atoms with van der Waals surface area (Å²) in [6.07, 6.45) is -1.47. The van der Waals surface area contributed by atoms with Gasteiger partial charge in [-0.25, -0.2) is 0 Å². The fourth-order valence-electron chi connectivity index (χ4n) is 5.76. The Hall–Kier alpha value is -3.03. The first-order valence-electron chi connectivity index (χ1n) is 11.5. The zero-order chi connectivity index (χ0) is 24.8. The number of halogens is 3. The van der Waals surface area contributed by atoms with Gasteiger partial charge in [0.05, 0.1) is 6.07 Å². The third-order valence-corrected chi connectivity index (χ3v) is 7.22. The molecular weight excluding hydrogens is 451 g/mol. The lowest BCUT2D eigenvalue weighted by Gasteiger charge is -2.28. The summed E-state index contributed by atoms with van der Waals surface area (Å²) in [6, 6.07) is 2.13. The molecule has 11 heteroatoms. The minimum absolute atomic E-state index is 0.0821. The minimum atomic E-state index is -4.61. The first kappa shape index (κ1) is 24.1. The molecule has 3 amide bonds. The van der Waals surface area contributed by atoms with Crippen molar-refractivity contribution >= 4 is 17.7 Å². The van der Waals surface area contributed by atoms with E-state index < -0.39 is 41.7 Å². The maximum atomic E-state index is 13.3. The molecule has 3 fully saturated rings. The van der Waals surface area contributed by atoms with Crippen molar-refractivity contribution in [3.63, 3.8) is 0 Å². The highest BCUT2D eigenvalue weighted by Gasteiger charge is 2.50. The van der Waals surface area contributed by atoms with E-state index in [1.165, 1.54) is 4.90 Å². The number of amides is 3. The minimum Gasteiger partial charge on any atom is -0.351 e. The fraction of sp³-hybridized carbons (Fsp3) is 0.652. The van der Waals surface area contributed by atoms with E-state index in [4.69, 9.17) is 0 Å². The molecule has 5 atom stereocenters. The molecular formula is C23H28F3N5O3. The summed E-state index contributed by atoms with van der Waals surface area (Å²) in [5.41, 5.74) is -1.65. The van der Waals surface area contributed by atoms with Crippen LogP contribution in [0.4, 0.5) is 13.2 Å². The van der Waals surface area contributed by atoms with E-state index in [2.05, 4.69) is 15.6 Å². The summed E-state index contributed by atoms with van der Waals surface area (Å²) < 4.78 is 38.9. The first-order valence-corrected chi connectivity index (χ1v) is 11.5. The first-order chi connectivity index (χ1) is 15.9. The molecule has 8 nitrogen and oxygen atoms in total.